The molecule has 6 heteroatoms. The van der Waals surface area contributed by atoms with E-state index in [-0.39, 0.29) is 5.91 Å². The summed E-state index contributed by atoms with van der Waals surface area (Å²) in [6, 6.07) is 3.88. The summed E-state index contributed by atoms with van der Waals surface area (Å²) in [6.07, 6.45) is 2.66. The van der Waals surface area contributed by atoms with Gasteiger partial charge in [-0.25, -0.2) is 0 Å². The molecule has 0 atom stereocenters. The second-order valence-corrected chi connectivity index (χ2v) is 6.19. The summed E-state index contributed by atoms with van der Waals surface area (Å²) in [5, 5.41) is 3.97. The third-order valence-electron chi connectivity index (χ3n) is 3.94. The Bertz CT molecular complexity index is 551. The lowest BCUT2D eigenvalue weighted by molar-refractivity contribution is -0.127. The first-order valence-electron chi connectivity index (χ1n) is 8.72. The first kappa shape index (κ1) is 18.9. The van der Waals surface area contributed by atoms with E-state index in [1.54, 1.807) is 0 Å². The van der Waals surface area contributed by atoms with Gasteiger partial charge in [-0.1, -0.05) is 11.6 Å². The van der Waals surface area contributed by atoms with Crippen molar-refractivity contribution in [1.29, 1.82) is 0 Å². The van der Waals surface area contributed by atoms with Crippen molar-refractivity contribution in [1.82, 2.24) is 10.2 Å². The van der Waals surface area contributed by atoms with Gasteiger partial charge in [0.05, 0.1) is 18.2 Å². The molecule has 1 aliphatic rings. The van der Waals surface area contributed by atoms with Crippen LogP contribution in [0, 0.1) is 0 Å². The highest BCUT2D eigenvalue weighted by Gasteiger charge is 2.18. The SMILES string of the molecule is CCOc1cc(CNCCCN2CCCC2=O)cc(Cl)c1OCC. The van der Waals surface area contributed by atoms with Gasteiger partial charge in [-0.2, -0.15) is 0 Å². The molecule has 1 N–H and O–H groups in total. The summed E-state index contributed by atoms with van der Waals surface area (Å²) in [7, 11) is 0. The molecule has 1 aromatic rings. The molecule has 1 aromatic carbocycles. The molecule has 1 heterocycles. The van der Waals surface area contributed by atoms with E-state index >= 15 is 0 Å². The number of benzene rings is 1. The Morgan fingerprint density at radius 1 is 1.25 bits per heavy atom. The monoisotopic (exact) mass is 354 g/mol. The highest BCUT2D eigenvalue weighted by atomic mass is 35.5. The van der Waals surface area contributed by atoms with E-state index in [1.807, 2.05) is 30.9 Å². The van der Waals surface area contributed by atoms with Gasteiger partial charge in [0, 0.05) is 26.1 Å². The lowest BCUT2D eigenvalue weighted by atomic mass is 10.2. The summed E-state index contributed by atoms with van der Waals surface area (Å²) < 4.78 is 11.2. The van der Waals surface area contributed by atoms with Gasteiger partial charge >= 0.3 is 0 Å². The van der Waals surface area contributed by atoms with Gasteiger partial charge in [0.15, 0.2) is 11.5 Å². The van der Waals surface area contributed by atoms with E-state index in [4.69, 9.17) is 21.1 Å². The molecule has 2 rings (SSSR count). The average Bonchev–Trinajstić information content (AvgIpc) is 2.96. The zero-order valence-corrected chi connectivity index (χ0v) is 15.3. The Morgan fingerprint density at radius 3 is 2.71 bits per heavy atom. The Hall–Kier alpha value is -1.46. The van der Waals surface area contributed by atoms with Crippen molar-refractivity contribution in [2.24, 2.45) is 0 Å². The number of carbonyl (C=O) groups excluding carboxylic acids is 1. The van der Waals surface area contributed by atoms with Crippen LogP contribution >= 0.6 is 11.6 Å². The Labute approximate surface area is 149 Å². The molecule has 5 nitrogen and oxygen atoms in total. The topological polar surface area (TPSA) is 50.8 Å². The lowest BCUT2D eigenvalue weighted by Gasteiger charge is -2.16. The second-order valence-electron chi connectivity index (χ2n) is 5.79. The molecule has 1 fully saturated rings. The normalized spacial score (nSPS) is 14.3. The molecular weight excluding hydrogens is 328 g/mol. The number of nitrogens with one attached hydrogen (secondary N) is 1. The van der Waals surface area contributed by atoms with Crippen LogP contribution in [-0.4, -0.2) is 43.7 Å². The third-order valence-corrected chi connectivity index (χ3v) is 4.22. The minimum atomic E-state index is 0.287. The number of rotatable bonds is 10. The molecule has 1 saturated heterocycles. The van der Waals surface area contributed by atoms with Gasteiger partial charge < -0.3 is 19.7 Å². The van der Waals surface area contributed by atoms with Crippen molar-refractivity contribution in [3.63, 3.8) is 0 Å². The molecular formula is C18H27ClN2O3. The van der Waals surface area contributed by atoms with Crippen molar-refractivity contribution in [3.8, 4) is 11.5 Å². The zero-order valence-electron chi connectivity index (χ0n) is 14.6. The van der Waals surface area contributed by atoms with Crippen LogP contribution in [0.15, 0.2) is 12.1 Å². The van der Waals surface area contributed by atoms with Gasteiger partial charge in [0.1, 0.15) is 0 Å². The van der Waals surface area contributed by atoms with Crippen LogP contribution in [0.25, 0.3) is 0 Å². The van der Waals surface area contributed by atoms with E-state index in [0.29, 0.717) is 42.7 Å². The minimum Gasteiger partial charge on any atom is -0.490 e. The van der Waals surface area contributed by atoms with E-state index in [2.05, 4.69) is 5.32 Å². The largest absolute Gasteiger partial charge is 0.490 e. The Kier molecular flexibility index (Phi) is 7.66. The minimum absolute atomic E-state index is 0.287. The van der Waals surface area contributed by atoms with Crippen LogP contribution in [0.4, 0.5) is 0 Å². The number of nitrogens with zero attached hydrogens (tertiary/aromatic N) is 1. The van der Waals surface area contributed by atoms with Gasteiger partial charge in [-0.3, -0.25) is 4.79 Å². The number of halogens is 1. The zero-order chi connectivity index (χ0) is 17.4. The number of ether oxygens (including phenoxy) is 2. The second kappa shape index (κ2) is 9.74. The standard InChI is InChI=1S/C18H27ClN2O3/c1-3-23-16-12-14(11-15(19)18(16)24-4-2)13-20-8-6-10-21-9-5-7-17(21)22/h11-12,20H,3-10,13H2,1-2H3. The predicted octanol–water partition coefficient (Wildman–Crippen LogP) is 3.24. The molecule has 134 valence electrons. The molecule has 0 saturated carbocycles. The first-order chi connectivity index (χ1) is 11.7. The van der Waals surface area contributed by atoms with Gasteiger partial charge in [-0.05, 0) is 50.9 Å². The summed E-state index contributed by atoms with van der Waals surface area (Å²) in [5.74, 6) is 1.58. The summed E-state index contributed by atoms with van der Waals surface area (Å²) in [5.41, 5.74) is 1.06. The van der Waals surface area contributed by atoms with E-state index < -0.39 is 0 Å². The summed E-state index contributed by atoms with van der Waals surface area (Å²) >= 11 is 6.31. The number of carbonyl (C=O) groups is 1. The third kappa shape index (κ3) is 5.28. The maximum atomic E-state index is 11.5. The fraction of sp³-hybridized carbons (Fsp3) is 0.611. The molecule has 1 aliphatic heterocycles. The van der Waals surface area contributed by atoms with Gasteiger partial charge in [0.25, 0.3) is 0 Å². The number of hydrogen-bond donors (Lipinski definition) is 1. The molecule has 0 bridgehead atoms. The van der Waals surface area contributed by atoms with Crippen LogP contribution in [0.1, 0.15) is 38.7 Å². The smallest absolute Gasteiger partial charge is 0.222 e. The van der Waals surface area contributed by atoms with Crippen molar-refractivity contribution in [2.45, 2.75) is 39.7 Å². The van der Waals surface area contributed by atoms with Gasteiger partial charge in [-0.15, -0.1) is 0 Å². The molecule has 0 unspecified atom stereocenters. The fourth-order valence-electron chi connectivity index (χ4n) is 2.84. The molecule has 0 aliphatic carbocycles. The van der Waals surface area contributed by atoms with Crippen LogP contribution in [0.5, 0.6) is 11.5 Å². The fourth-order valence-corrected chi connectivity index (χ4v) is 3.13. The number of likely N-dealkylation sites (tertiary alicyclic amines) is 1. The number of hydrogen-bond acceptors (Lipinski definition) is 4. The van der Waals surface area contributed by atoms with Crippen LogP contribution in [0.3, 0.4) is 0 Å². The van der Waals surface area contributed by atoms with Crippen molar-refractivity contribution in [2.75, 3.05) is 32.8 Å². The molecule has 1 amide bonds. The predicted molar refractivity (Wildman–Crippen MR) is 95.9 cm³/mol. The quantitative estimate of drug-likeness (QED) is 0.655. The Balaban J connectivity index is 1.82. The van der Waals surface area contributed by atoms with Crippen molar-refractivity contribution >= 4 is 17.5 Å². The first-order valence-corrected chi connectivity index (χ1v) is 9.10. The van der Waals surface area contributed by atoms with Crippen LogP contribution < -0.4 is 14.8 Å². The molecule has 24 heavy (non-hydrogen) atoms. The van der Waals surface area contributed by atoms with E-state index in [9.17, 15) is 4.79 Å². The van der Waals surface area contributed by atoms with E-state index in [1.165, 1.54) is 0 Å². The average molecular weight is 355 g/mol. The lowest BCUT2D eigenvalue weighted by Crippen LogP contribution is -2.28. The van der Waals surface area contributed by atoms with Gasteiger partial charge in [0.2, 0.25) is 5.91 Å². The van der Waals surface area contributed by atoms with Crippen LogP contribution in [-0.2, 0) is 11.3 Å². The summed E-state index contributed by atoms with van der Waals surface area (Å²) in [4.78, 5) is 13.5. The Morgan fingerprint density at radius 2 is 2.04 bits per heavy atom. The van der Waals surface area contributed by atoms with Crippen molar-refractivity contribution < 1.29 is 14.3 Å². The highest BCUT2D eigenvalue weighted by Crippen LogP contribution is 2.36. The summed E-state index contributed by atoms with van der Waals surface area (Å²) in [6.45, 7) is 8.29. The van der Waals surface area contributed by atoms with Crippen molar-refractivity contribution in [3.05, 3.63) is 22.7 Å². The number of amides is 1. The maximum Gasteiger partial charge on any atom is 0.222 e. The maximum absolute atomic E-state index is 11.5. The van der Waals surface area contributed by atoms with Crippen LogP contribution in [0.2, 0.25) is 5.02 Å². The highest BCUT2D eigenvalue weighted by molar-refractivity contribution is 6.32. The van der Waals surface area contributed by atoms with E-state index in [0.717, 1.165) is 38.0 Å². The molecule has 0 radical (unpaired) electrons. The molecule has 0 spiro atoms. The molecule has 0 aromatic heterocycles.